The normalized spacial score (nSPS) is 22.8. The maximum absolute atomic E-state index is 12.0. The number of H-pyrrole nitrogens is 1. The fourth-order valence-electron chi connectivity index (χ4n) is 2.75. The number of aryl methyl sites for hydroxylation is 1. The SMILES string of the molecule is Cc1cc(NC(=O)NC2CCN(C)CC2C)c(C(=O)O)[nH]1. The second-order valence-electron chi connectivity index (χ2n) is 5.78. The van der Waals surface area contributed by atoms with Crippen molar-refractivity contribution in [3.05, 3.63) is 17.5 Å². The lowest BCUT2D eigenvalue weighted by Crippen LogP contribution is -2.50. The minimum Gasteiger partial charge on any atom is -0.477 e. The molecule has 0 saturated carbocycles. The number of aromatic carboxylic acids is 1. The summed E-state index contributed by atoms with van der Waals surface area (Å²) in [6.45, 7) is 5.73. The van der Waals surface area contributed by atoms with Gasteiger partial charge in [0.05, 0.1) is 5.69 Å². The van der Waals surface area contributed by atoms with Crippen LogP contribution >= 0.6 is 0 Å². The van der Waals surface area contributed by atoms with Crippen LogP contribution < -0.4 is 10.6 Å². The lowest BCUT2D eigenvalue weighted by molar-refractivity contribution is 0.0692. The standard InChI is InChI=1S/C14H22N4O3/c1-8-7-18(3)5-4-10(8)16-14(21)17-11-6-9(2)15-12(11)13(19)20/h6,8,10,15H,4-5,7H2,1-3H3,(H,19,20)(H2,16,17,21). The topological polar surface area (TPSA) is 97.5 Å². The molecule has 0 aromatic carbocycles. The Balaban J connectivity index is 1.97. The highest BCUT2D eigenvalue weighted by molar-refractivity contribution is 5.99. The molecule has 4 N–H and O–H groups in total. The van der Waals surface area contributed by atoms with Crippen molar-refractivity contribution in [1.82, 2.24) is 15.2 Å². The monoisotopic (exact) mass is 294 g/mol. The number of aromatic nitrogens is 1. The first-order valence-corrected chi connectivity index (χ1v) is 7.05. The van der Waals surface area contributed by atoms with Crippen molar-refractivity contribution < 1.29 is 14.7 Å². The number of carboxylic acid groups (broad SMARTS) is 1. The number of carboxylic acids is 1. The molecule has 116 valence electrons. The van der Waals surface area contributed by atoms with Gasteiger partial charge in [0.25, 0.3) is 0 Å². The molecule has 0 radical (unpaired) electrons. The molecule has 1 aromatic rings. The largest absolute Gasteiger partial charge is 0.477 e. The molecule has 0 spiro atoms. The molecular formula is C14H22N4O3. The minimum atomic E-state index is -1.09. The van der Waals surface area contributed by atoms with E-state index >= 15 is 0 Å². The number of nitrogens with zero attached hydrogens (tertiary/aromatic N) is 1. The van der Waals surface area contributed by atoms with Crippen LogP contribution in [0.2, 0.25) is 0 Å². The molecule has 0 aliphatic carbocycles. The summed E-state index contributed by atoms with van der Waals surface area (Å²) in [5, 5.41) is 14.6. The molecule has 1 aliphatic heterocycles. The summed E-state index contributed by atoms with van der Waals surface area (Å²) < 4.78 is 0. The third-order valence-corrected chi connectivity index (χ3v) is 3.84. The number of carbonyl (C=O) groups excluding carboxylic acids is 1. The zero-order valence-corrected chi connectivity index (χ0v) is 12.6. The lowest BCUT2D eigenvalue weighted by Gasteiger charge is -2.35. The fraction of sp³-hybridized carbons (Fsp3) is 0.571. The molecule has 7 heteroatoms. The molecule has 1 fully saturated rings. The van der Waals surface area contributed by atoms with Crippen molar-refractivity contribution in [2.45, 2.75) is 26.3 Å². The van der Waals surface area contributed by atoms with E-state index in [1.54, 1.807) is 13.0 Å². The van der Waals surface area contributed by atoms with E-state index in [0.717, 1.165) is 19.5 Å². The molecule has 2 rings (SSSR count). The minimum absolute atomic E-state index is 0.000856. The Hall–Kier alpha value is -2.02. The van der Waals surface area contributed by atoms with E-state index in [1.807, 2.05) is 0 Å². The fourth-order valence-corrected chi connectivity index (χ4v) is 2.75. The number of piperidine rings is 1. The predicted octanol–water partition coefficient (Wildman–Crippen LogP) is 1.48. The van der Waals surface area contributed by atoms with E-state index in [9.17, 15) is 9.59 Å². The van der Waals surface area contributed by atoms with Crippen molar-refractivity contribution in [1.29, 1.82) is 0 Å². The quantitative estimate of drug-likeness (QED) is 0.679. The van der Waals surface area contributed by atoms with Gasteiger partial charge in [0.1, 0.15) is 5.69 Å². The maximum Gasteiger partial charge on any atom is 0.354 e. The van der Waals surface area contributed by atoms with Gasteiger partial charge in [0, 0.05) is 18.3 Å². The first-order chi connectivity index (χ1) is 9.86. The van der Waals surface area contributed by atoms with E-state index in [-0.39, 0.29) is 23.5 Å². The Morgan fingerprint density at radius 2 is 2.19 bits per heavy atom. The van der Waals surface area contributed by atoms with E-state index < -0.39 is 5.97 Å². The van der Waals surface area contributed by atoms with Crippen LogP contribution in [-0.2, 0) is 0 Å². The Labute approximate surface area is 123 Å². The van der Waals surface area contributed by atoms with Gasteiger partial charge in [-0.05, 0) is 38.9 Å². The third kappa shape index (κ3) is 3.75. The van der Waals surface area contributed by atoms with E-state index in [4.69, 9.17) is 5.11 Å². The molecular weight excluding hydrogens is 272 g/mol. The van der Waals surface area contributed by atoms with E-state index in [0.29, 0.717) is 11.6 Å². The molecule has 2 amide bonds. The van der Waals surface area contributed by atoms with Crippen LogP contribution in [0.3, 0.4) is 0 Å². The van der Waals surface area contributed by atoms with Gasteiger partial charge in [0.2, 0.25) is 0 Å². The molecule has 0 bridgehead atoms. The van der Waals surface area contributed by atoms with Gasteiger partial charge in [-0.3, -0.25) is 0 Å². The number of nitrogens with one attached hydrogen (secondary N) is 3. The number of likely N-dealkylation sites (tertiary alicyclic amines) is 1. The number of anilines is 1. The Kier molecular flexibility index (Phi) is 4.52. The highest BCUT2D eigenvalue weighted by Crippen LogP contribution is 2.18. The van der Waals surface area contributed by atoms with Crippen LogP contribution in [0.4, 0.5) is 10.5 Å². The summed E-state index contributed by atoms with van der Waals surface area (Å²) >= 11 is 0. The third-order valence-electron chi connectivity index (χ3n) is 3.84. The number of rotatable bonds is 3. The van der Waals surface area contributed by atoms with Crippen LogP contribution in [0.25, 0.3) is 0 Å². The predicted molar refractivity (Wildman–Crippen MR) is 79.7 cm³/mol. The number of hydrogen-bond acceptors (Lipinski definition) is 3. The lowest BCUT2D eigenvalue weighted by atomic mass is 9.94. The van der Waals surface area contributed by atoms with Crippen molar-refractivity contribution in [2.24, 2.45) is 5.92 Å². The van der Waals surface area contributed by atoms with Crippen LogP contribution in [0.15, 0.2) is 6.07 Å². The van der Waals surface area contributed by atoms with E-state index in [1.165, 1.54) is 0 Å². The molecule has 2 atom stereocenters. The van der Waals surface area contributed by atoms with Gasteiger partial charge in [-0.15, -0.1) is 0 Å². The first-order valence-electron chi connectivity index (χ1n) is 7.05. The Bertz CT molecular complexity index is 540. The Morgan fingerprint density at radius 1 is 1.48 bits per heavy atom. The van der Waals surface area contributed by atoms with Gasteiger partial charge < -0.3 is 25.6 Å². The average Bonchev–Trinajstić information content (AvgIpc) is 2.74. The summed E-state index contributed by atoms with van der Waals surface area (Å²) in [6, 6.07) is 1.36. The zero-order chi connectivity index (χ0) is 15.6. The van der Waals surface area contributed by atoms with Crippen LogP contribution in [-0.4, -0.2) is 53.2 Å². The number of amides is 2. The molecule has 7 nitrogen and oxygen atoms in total. The smallest absolute Gasteiger partial charge is 0.354 e. The van der Waals surface area contributed by atoms with Gasteiger partial charge in [-0.2, -0.15) is 0 Å². The summed E-state index contributed by atoms with van der Waals surface area (Å²) in [5.41, 5.74) is 0.979. The van der Waals surface area contributed by atoms with Gasteiger partial charge in [-0.25, -0.2) is 9.59 Å². The summed E-state index contributed by atoms with van der Waals surface area (Å²) in [7, 11) is 2.06. The van der Waals surface area contributed by atoms with Gasteiger partial charge in [0.15, 0.2) is 0 Å². The van der Waals surface area contributed by atoms with Crippen molar-refractivity contribution in [3.8, 4) is 0 Å². The van der Waals surface area contributed by atoms with Crippen LogP contribution in [0.5, 0.6) is 0 Å². The average molecular weight is 294 g/mol. The van der Waals surface area contributed by atoms with Crippen LogP contribution in [0, 0.1) is 12.8 Å². The summed E-state index contributed by atoms with van der Waals surface area (Å²) in [4.78, 5) is 28.1. The summed E-state index contributed by atoms with van der Waals surface area (Å²) in [5.74, 6) is -0.729. The Morgan fingerprint density at radius 3 is 2.81 bits per heavy atom. The molecule has 1 aromatic heterocycles. The highest BCUT2D eigenvalue weighted by atomic mass is 16.4. The van der Waals surface area contributed by atoms with Crippen molar-refractivity contribution in [2.75, 3.05) is 25.5 Å². The van der Waals surface area contributed by atoms with E-state index in [2.05, 4.69) is 34.5 Å². The van der Waals surface area contributed by atoms with Crippen molar-refractivity contribution >= 4 is 17.7 Å². The second kappa shape index (κ2) is 6.17. The highest BCUT2D eigenvalue weighted by Gasteiger charge is 2.26. The zero-order valence-electron chi connectivity index (χ0n) is 12.6. The number of hydrogen-bond donors (Lipinski definition) is 4. The first kappa shape index (κ1) is 15.4. The molecule has 1 aliphatic rings. The summed E-state index contributed by atoms with van der Waals surface area (Å²) in [6.07, 6.45) is 0.892. The number of urea groups is 1. The van der Waals surface area contributed by atoms with Gasteiger partial charge in [-0.1, -0.05) is 6.92 Å². The number of carbonyl (C=O) groups is 2. The molecule has 1 saturated heterocycles. The number of aromatic amines is 1. The molecule has 2 heterocycles. The molecule has 21 heavy (non-hydrogen) atoms. The molecule has 2 unspecified atom stereocenters. The van der Waals surface area contributed by atoms with Gasteiger partial charge >= 0.3 is 12.0 Å². The second-order valence-corrected chi connectivity index (χ2v) is 5.78. The van der Waals surface area contributed by atoms with Crippen LogP contribution in [0.1, 0.15) is 29.5 Å². The maximum atomic E-state index is 12.0. The van der Waals surface area contributed by atoms with Crippen molar-refractivity contribution in [3.63, 3.8) is 0 Å².